The molecule has 0 N–H and O–H groups in total. The van der Waals surface area contributed by atoms with Crippen molar-refractivity contribution in [1.82, 2.24) is 0 Å². The fourth-order valence-corrected chi connectivity index (χ4v) is 1.52. The van der Waals surface area contributed by atoms with E-state index in [9.17, 15) is 17.6 Å². The Kier molecular flexibility index (Phi) is 2.92. The van der Waals surface area contributed by atoms with E-state index in [1.54, 1.807) is 0 Å². The first-order valence-corrected chi connectivity index (χ1v) is 4.85. The zero-order valence-electron chi connectivity index (χ0n) is 6.13. The van der Waals surface area contributed by atoms with Gasteiger partial charge in [0.05, 0.1) is 5.57 Å². The SMILES string of the molecule is FC(F)(F)C1=CCC(F)(Br)C(Br)=C1. The second kappa shape index (κ2) is 3.38. The molecule has 0 aromatic heterocycles. The molecule has 0 fully saturated rings. The molecule has 0 aromatic carbocycles. The van der Waals surface area contributed by atoms with E-state index in [-0.39, 0.29) is 10.9 Å². The van der Waals surface area contributed by atoms with Crippen LogP contribution in [0.1, 0.15) is 6.42 Å². The predicted octanol–water partition coefficient (Wildman–Crippen LogP) is 4.22. The quantitative estimate of drug-likeness (QED) is 0.462. The van der Waals surface area contributed by atoms with Crippen molar-refractivity contribution in [2.24, 2.45) is 0 Å². The van der Waals surface area contributed by atoms with Crippen LogP contribution in [0.15, 0.2) is 22.2 Å². The van der Waals surface area contributed by atoms with Crippen LogP contribution in [0.25, 0.3) is 0 Å². The first-order valence-electron chi connectivity index (χ1n) is 3.26. The van der Waals surface area contributed by atoms with Crippen molar-refractivity contribution in [1.29, 1.82) is 0 Å². The Morgan fingerprint density at radius 2 is 1.92 bits per heavy atom. The maximum absolute atomic E-state index is 13.2. The van der Waals surface area contributed by atoms with E-state index in [0.717, 1.165) is 12.2 Å². The highest BCUT2D eigenvalue weighted by molar-refractivity contribution is 9.14. The average Bonchev–Trinajstić information content (AvgIpc) is 1.92. The minimum absolute atomic E-state index is 0.144. The highest BCUT2D eigenvalue weighted by Crippen LogP contribution is 2.43. The van der Waals surface area contributed by atoms with E-state index in [1.807, 2.05) is 0 Å². The van der Waals surface area contributed by atoms with Gasteiger partial charge < -0.3 is 0 Å². The summed E-state index contributed by atoms with van der Waals surface area (Å²) in [7, 11) is 0. The van der Waals surface area contributed by atoms with Gasteiger partial charge in [-0.1, -0.05) is 22.0 Å². The summed E-state index contributed by atoms with van der Waals surface area (Å²) in [6.07, 6.45) is -3.20. The Morgan fingerprint density at radius 3 is 2.31 bits per heavy atom. The highest BCUT2D eigenvalue weighted by Gasteiger charge is 2.39. The van der Waals surface area contributed by atoms with Crippen LogP contribution in [0.2, 0.25) is 0 Å². The van der Waals surface area contributed by atoms with Gasteiger partial charge in [0, 0.05) is 10.9 Å². The molecule has 0 radical (unpaired) electrons. The van der Waals surface area contributed by atoms with Crippen molar-refractivity contribution < 1.29 is 17.6 Å². The van der Waals surface area contributed by atoms with Gasteiger partial charge in [0.1, 0.15) is 0 Å². The second-order valence-electron chi connectivity index (χ2n) is 2.56. The van der Waals surface area contributed by atoms with Crippen LogP contribution in [0, 0.1) is 0 Å². The Bertz CT molecular complexity index is 275. The Balaban J connectivity index is 2.95. The summed E-state index contributed by atoms with van der Waals surface area (Å²) in [5.74, 6) is 0. The van der Waals surface area contributed by atoms with Crippen molar-refractivity contribution in [3.05, 3.63) is 22.2 Å². The lowest BCUT2D eigenvalue weighted by Crippen LogP contribution is -2.20. The molecule has 0 bridgehead atoms. The molecule has 1 aliphatic rings. The van der Waals surface area contributed by atoms with Gasteiger partial charge in [0.25, 0.3) is 0 Å². The minimum atomic E-state index is -4.41. The summed E-state index contributed by atoms with van der Waals surface area (Å²) in [6.45, 7) is 0. The standard InChI is InChI=1S/C7H4Br2F4/c8-5-3-4(7(11,12)13)1-2-6(5,9)10/h1,3H,2H2. The van der Waals surface area contributed by atoms with Crippen LogP contribution < -0.4 is 0 Å². The zero-order chi connectivity index (χ0) is 10.3. The van der Waals surface area contributed by atoms with E-state index in [1.165, 1.54) is 0 Å². The molecule has 1 unspecified atom stereocenters. The number of halogens is 6. The maximum atomic E-state index is 13.2. The molecule has 1 aliphatic carbocycles. The highest BCUT2D eigenvalue weighted by atomic mass is 79.9. The summed E-state index contributed by atoms with van der Waals surface area (Å²) >= 11 is 5.40. The monoisotopic (exact) mass is 322 g/mol. The summed E-state index contributed by atoms with van der Waals surface area (Å²) in [5.41, 5.74) is -0.827. The fourth-order valence-electron chi connectivity index (χ4n) is 0.834. The molecule has 0 aromatic rings. The third kappa shape index (κ3) is 2.56. The van der Waals surface area contributed by atoms with Crippen molar-refractivity contribution >= 4 is 31.9 Å². The molecule has 0 heterocycles. The zero-order valence-corrected chi connectivity index (χ0v) is 9.30. The largest absolute Gasteiger partial charge is 0.416 e. The van der Waals surface area contributed by atoms with E-state index in [4.69, 9.17) is 0 Å². The summed E-state index contributed by atoms with van der Waals surface area (Å²) in [6, 6.07) is 0. The topological polar surface area (TPSA) is 0 Å². The number of hydrogen-bond acceptors (Lipinski definition) is 0. The van der Waals surface area contributed by atoms with Gasteiger partial charge in [-0.3, -0.25) is 0 Å². The molecule has 0 saturated heterocycles. The summed E-state index contributed by atoms with van der Waals surface area (Å²) < 4.78 is 47.5. The lowest BCUT2D eigenvalue weighted by atomic mass is 10.1. The van der Waals surface area contributed by atoms with Crippen LogP contribution in [0.5, 0.6) is 0 Å². The smallest absolute Gasteiger partial charge is 0.225 e. The molecule has 0 aliphatic heterocycles. The molecule has 74 valence electrons. The van der Waals surface area contributed by atoms with Crippen LogP contribution in [-0.2, 0) is 0 Å². The molecular formula is C7H4Br2F4. The molecule has 1 atom stereocenters. The third-order valence-corrected chi connectivity index (χ3v) is 3.68. The van der Waals surface area contributed by atoms with Gasteiger partial charge in [-0.2, -0.15) is 13.2 Å². The number of rotatable bonds is 0. The lowest BCUT2D eigenvalue weighted by molar-refractivity contribution is -0.0888. The van der Waals surface area contributed by atoms with Gasteiger partial charge in [-0.05, 0) is 22.0 Å². The third-order valence-electron chi connectivity index (χ3n) is 1.54. The molecular weight excluding hydrogens is 320 g/mol. The molecule has 0 nitrogen and oxygen atoms in total. The summed E-state index contributed by atoms with van der Waals surface area (Å²) in [4.78, 5) is 0. The molecule has 1 rings (SSSR count). The van der Waals surface area contributed by atoms with Crippen LogP contribution >= 0.6 is 31.9 Å². The van der Waals surface area contributed by atoms with E-state index >= 15 is 0 Å². The van der Waals surface area contributed by atoms with Crippen LogP contribution in [-0.4, -0.2) is 10.8 Å². The predicted molar refractivity (Wildman–Crippen MR) is 48.5 cm³/mol. The normalized spacial score (nSPS) is 29.7. The minimum Gasteiger partial charge on any atom is -0.225 e. The van der Waals surface area contributed by atoms with Crippen LogP contribution in [0.4, 0.5) is 17.6 Å². The molecule has 6 heteroatoms. The van der Waals surface area contributed by atoms with Crippen molar-refractivity contribution in [2.45, 2.75) is 17.2 Å². The Labute approximate surface area is 88.9 Å². The first kappa shape index (κ1) is 11.2. The van der Waals surface area contributed by atoms with E-state index < -0.39 is 16.3 Å². The molecule has 0 saturated carbocycles. The van der Waals surface area contributed by atoms with E-state index in [0.29, 0.717) is 0 Å². The number of allylic oxidation sites excluding steroid dienone is 4. The van der Waals surface area contributed by atoms with Gasteiger partial charge >= 0.3 is 6.18 Å². The van der Waals surface area contributed by atoms with Gasteiger partial charge in [0.2, 0.25) is 0 Å². The fraction of sp³-hybridized carbons (Fsp3) is 0.429. The lowest BCUT2D eigenvalue weighted by Gasteiger charge is -2.22. The van der Waals surface area contributed by atoms with E-state index in [2.05, 4.69) is 31.9 Å². The number of hydrogen-bond donors (Lipinski definition) is 0. The molecule has 0 spiro atoms. The molecule has 13 heavy (non-hydrogen) atoms. The van der Waals surface area contributed by atoms with Crippen molar-refractivity contribution in [2.75, 3.05) is 0 Å². The average molecular weight is 324 g/mol. The van der Waals surface area contributed by atoms with Gasteiger partial charge in [0.15, 0.2) is 4.58 Å². The van der Waals surface area contributed by atoms with Gasteiger partial charge in [-0.15, -0.1) is 0 Å². The Hall–Kier alpha value is 0.160. The van der Waals surface area contributed by atoms with Crippen LogP contribution in [0.3, 0.4) is 0 Å². The molecule has 0 amide bonds. The van der Waals surface area contributed by atoms with Crippen molar-refractivity contribution in [3.63, 3.8) is 0 Å². The van der Waals surface area contributed by atoms with Crippen molar-refractivity contribution in [3.8, 4) is 0 Å². The second-order valence-corrected chi connectivity index (χ2v) is 4.67. The van der Waals surface area contributed by atoms with Gasteiger partial charge in [-0.25, -0.2) is 4.39 Å². The first-order chi connectivity index (χ1) is 5.73. The number of alkyl halides is 5. The summed E-state index contributed by atoms with van der Waals surface area (Å²) in [5, 5.41) is 0. The maximum Gasteiger partial charge on any atom is 0.416 e. The Morgan fingerprint density at radius 1 is 1.38 bits per heavy atom.